The van der Waals surface area contributed by atoms with Gasteiger partial charge in [-0.2, -0.15) is 0 Å². The number of halogens is 1. The number of aliphatic hydroxyl groups is 1. The minimum absolute atomic E-state index is 0.132. The van der Waals surface area contributed by atoms with Crippen molar-refractivity contribution in [3.8, 4) is 0 Å². The Morgan fingerprint density at radius 2 is 2.21 bits per heavy atom. The number of amides is 1. The van der Waals surface area contributed by atoms with Gasteiger partial charge >= 0.3 is 0 Å². The lowest BCUT2D eigenvalue weighted by molar-refractivity contribution is -0.116. The van der Waals surface area contributed by atoms with Crippen LogP contribution < -0.4 is 5.32 Å². The van der Waals surface area contributed by atoms with Crippen molar-refractivity contribution in [1.29, 1.82) is 0 Å². The first kappa shape index (κ1) is 11.9. The first-order valence-electron chi connectivity index (χ1n) is 5.99. The molecule has 19 heavy (non-hydrogen) atoms. The summed E-state index contributed by atoms with van der Waals surface area (Å²) in [5.74, 6) is -0.255. The average molecular weight is 261 g/mol. The van der Waals surface area contributed by atoms with Gasteiger partial charge in [0.25, 0.3) is 0 Å². The van der Waals surface area contributed by atoms with Gasteiger partial charge in [-0.15, -0.1) is 0 Å². The lowest BCUT2D eigenvalue weighted by atomic mass is 9.95. The summed E-state index contributed by atoms with van der Waals surface area (Å²) in [6.07, 6.45) is 1.13. The average Bonchev–Trinajstić information content (AvgIpc) is 2.91. The maximum atomic E-state index is 13.6. The van der Waals surface area contributed by atoms with Gasteiger partial charge in [-0.05, 0) is 36.2 Å². The molecule has 0 bridgehead atoms. The van der Waals surface area contributed by atoms with E-state index in [0.29, 0.717) is 35.4 Å². The number of anilines is 1. The van der Waals surface area contributed by atoms with E-state index < -0.39 is 11.9 Å². The molecule has 2 heterocycles. The molecule has 1 amide bonds. The molecule has 1 aromatic carbocycles. The van der Waals surface area contributed by atoms with Gasteiger partial charge in [0, 0.05) is 12.0 Å². The summed E-state index contributed by atoms with van der Waals surface area (Å²) in [7, 11) is 0. The van der Waals surface area contributed by atoms with Crippen LogP contribution in [0.5, 0.6) is 0 Å². The highest BCUT2D eigenvalue weighted by molar-refractivity contribution is 5.95. The van der Waals surface area contributed by atoms with Crippen molar-refractivity contribution in [2.75, 3.05) is 5.32 Å². The zero-order valence-electron chi connectivity index (χ0n) is 10.0. The fraction of sp³-hybridized carbons (Fsp3) is 0.214. The molecule has 0 saturated heterocycles. The van der Waals surface area contributed by atoms with Crippen molar-refractivity contribution in [3.05, 3.63) is 53.2 Å². The number of aryl methyl sites for hydroxylation is 1. The Bertz CT molecular complexity index is 622. The standard InChI is InChI=1S/C14H12FNO3/c15-9-6-8-3-4-12(17)16-13(8)10(7-9)14(18)11-2-1-5-19-11/h1-2,5-7,14,18H,3-4H2,(H,16,17). The number of hydrogen-bond donors (Lipinski definition) is 2. The predicted molar refractivity (Wildman–Crippen MR) is 66.1 cm³/mol. The Balaban J connectivity index is 2.10. The first-order chi connectivity index (χ1) is 9.15. The molecule has 0 spiro atoms. The quantitative estimate of drug-likeness (QED) is 0.872. The Kier molecular flexibility index (Phi) is 2.83. The van der Waals surface area contributed by atoms with Crippen LogP contribution in [0.25, 0.3) is 0 Å². The molecule has 5 heteroatoms. The Morgan fingerprint density at radius 1 is 1.37 bits per heavy atom. The fourth-order valence-corrected chi connectivity index (χ4v) is 2.30. The van der Waals surface area contributed by atoms with Crippen LogP contribution in [-0.2, 0) is 11.2 Å². The Hall–Kier alpha value is -2.14. The first-order valence-corrected chi connectivity index (χ1v) is 5.99. The van der Waals surface area contributed by atoms with Crippen LogP contribution >= 0.6 is 0 Å². The molecule has 1 atom stereocenters. The third kappa shape index (κ3) is 2.13. The molecular formula is C14H12FNO3. The summed E-state index contributed by atoms with van der Waals surface area (Å²) in [6.45, 7) is 0. The number of nitrogens with one attached hydrogen (secondary N) is 1. The summed E-state index contributed by atoms with van der Waals surface area (Å²) in [5, 5.41) is 12.9. The molecule has 0 radical (unpaired) electrons. The molecule has 1 aromatic heterocycles. The highest BCUT2D eigenvalue weighted by Crippen LogP contribution is 2.34. The molecule has 3 rings (SSSR count). The van der Waals surface area contributed by atoms with Crippen molar-refractivity contribution in [2.45, 2.75) is 18.9 Å². The molecule has 98 valence electrons. The Labute approximate surface area is 108 Å². The van der Waals surface area contributed by atoms with E-state index in [1.807, 2.05) is 0 Å². The van der Waals surface area contributed by atoms with Crippen molar-refractivity contribution >= 4 is 11.6 Å². The van der Waals surface area contributed by atoms with E-state index in [2.05, 4.69) is 5.32 Å². The lowest BCUT2D eigenvalue weighted by Crippen LogP contribution is -2.21. The van der Waals surface area contributed by atoms with Crippen LogP contribution in [0.15, 0.2) is 34.9 Å². The maximum absolute atomic E-state index is 13.6. The third-order valence-electron chi connectivity index (χ3n) is 3.21. The zero-order chi connectivity index (χ0) is 13.4. The second-order valence-electron chi connectivity index (χ2n) is 4.50. The smallest absolute Gasteiger partial charge is 0.224 e. The number of rotatable bonds is 2. The van der Waals surface area contributed by atoms with Crippen LogP contribution in [0.4, 0.5) is 10.1 Å². The number of carbonyl (C=O) groups excluding carboxylic acids is 1. The fourth-order valence-electron chi connectivity index (χ4n) is 2.30. The summed E-state index contributed by atoms with van der Waals surface area (Å²) in [6, 6.07) is 5.85. The molecule has 1 aliphatic rings. The molecule has 0 fully saturated rings. The molecule has 2 aromatic rings. The van der Waals surface area contributed by atoms with Crippen LogP contribution in [0, 0.1) is 5.82 Å². The zero-order valence-corrected chi connectivity index (χ0v) is 10.0. The van der Waals surface area contributed by atoms with Crippen molar-refractivity contribution in [2.24, 2.45) is 0 Å². The number of carbonyl (C=O) groups is 1. The summed E-state index contributed by atoms with van der Waals surface area (Å²) >= 11 is 0. The molecule has 4 nitrogen and oxygen atoms in total. The van der Waals surface area contributed by atoms with E-state index in [9.17, 15) is 14.3 Å². The molecule has 1 unspecified atom stereocenters. The van der Waals surface area contributed by atoms with Gasteiger partial charge in [-0.1, -0.05) is 0 Å². The van der Waals surface area contributed by atoms with E-state index in [1.54, 1.807) is 12.1 Å². The van der Waals surface area contributed by atoms with Crippen molar-refractivity contribution in [3.63, 3.8) is 0 Å². The normalized spacial score (nSPS) is 15.8. The highest BCUT2D eigenvalue weighted by atomic mass is 19.1. The number of hydrogen-bond acceptors (Lipinski definition) is 3. The largest absolute Gasteiger partial charge is 0.466 e. The number of furan rings is 1. The summed E-state index contributed by atoms with van der Waals surface area (Å²) in [4.78, 5) is 11.5. The Morgan fingerprint density at radius 3 is 2.95 bits per heavy atom. The van der Waals surface area contributed by atoms with Gasteiger partial charge in [0.2, 0.25) is 5.91 Å². The SMILES string of the molecule is O=C1CCc2cc(F)cc(C(O)c3ccco3)c2N1. The maximum Gasteiger partial charge on any atom is 0.224 e. The van der Waals surface area contributed by atoms with E-state index in [1.165, 1.54) is 18.4 Å². The van der Waals surface area contributed by atoms with Gasteiger partial charge in [-0.3, -0.25) is 4.79 Å². The van der Waals surface area contributed by atoms with E-state index >= 15 is 0 Å². The monoisotopic (exact) mass is 261 g/mol. The van der Waals surface area contributed by atoms with Crippen LogP contribution in [0.1, 0.15) is 29.4 Å². The number of aliphatic hydroxyl groups excluding tert-OH is 1. The summed E-state index contributed by atoms with van der Waals surface area (Å²) in [5.41, 5.74) is 1.50. The van der Waals surface area contributed by atoms with Gasteiger partial charge in [-0.25, -0.2) is 4.39 Å². The van der Waals surface area contributed by atoms with Crippen LogP contribution in [0.3, 0.4) is 0 Å². The second kappa shape index (κ2) is 4.51. The van der Waals surface area contributed by atoms with Gasteiger partial charge in [0.05, 0.1) is 12.0 Å². The van der Waals surface area contributed by atoms with Crippen molar-refractivity contribution < 1.29 is 18.7 Å². The minimum Gasteiger partial charge on any atom is -0.466 e. The molecular weight excluding hydrogens is 249 g/mol. The number of fused-ring (bicyclic) bond motifs is 1. The lowest BCUT2D eigenvalue weighted by Gasteiger charge is -2.22. The van der Waals surface area contributed by atoms with E-state index in [-0.39, 0.29) is 5.91 Å². The van der Waals surface area contributed by atoms with Crippen LogP contribution in [0.2, 0.25) is 0 Å². The van der Waals surface area contributed by atoms with Gasteiger partial charge < -0.3 is 14.8 Å². The number of benzene rings is 1. The summed E-state index contributed by atoms with van der Waals surface area (Å²) < 4.78 is 18.7. The highest BCUT2D eigenvalue weighted by Gasteiger charge is 2.24. The topological polar surface area (TPSA) is 62.5 Å². The second-order valence-corrected chi connectivity index (χ2v) is 4.50. The molecule has 1 aliphatic heterocycles. The molecule has 0 aliphatic carbocycles. The van der Waals surface area contributed by atoms with Gasteiger partial charge in [0.1, 0.15) is 17.7 Å². The van der Waals surface area contributed by atoms with Crippen molar-refractivity contribution in [1.82, 2.24) is 0 Å². The van der Waals surface area contributed by atoms with E-state index in [0.717, 1.165) is 0 Å². The van der Waals surface area contributed by atoms with Gasteiger partial charge in [0.15, 0.2) is 0 Å². The van der Waals surface area contributed by atoms with E-state index in [4.69, 9.17) is 4.42 Å². The molecule has 0 saturated carbocycles. The predicted octanol–water partition coefficient (Wildman–Crippen LogP) is 2.39. The van der Waals surface area contributed by atoms with Crippen LogP contribution in [-0.4, -0.2) is 11.0 Å². The minimum atomic E-state index is -1.10. The third-order valence-corrected chi connectivity index (χ3v) is 3.21. The molecule has 2 N–H and O–H groups in total.